The first-order chi connectivity index (χ1) is 21.0. The molecule has 2 aromatic carbocycles. The van der Waals surface area contributed by atoms with Crippen LogP contribution in [-0.4, -0.2) is 74.4 Å². The molecular weight excluding hydrogens is 691 g/mol. The lowest BCUT2D eigenvalue weighted by Gasteiger charge is -2.27. The molecule has 8 nitrogen and oxygen atoms in total. The molecule has 12 heteroatoms. The predicted molar refractivity (Wildman–Crippen MR) is 190 cm³/mol. The molecule has 0 N–H and O–H groups in total. The number of esters is 1. The van der Waals surface area contributed by atoms with Crippen LogP contribution in [0, 0.1) is 6.92 Å². The fourth-order valence-electron chi connectivity index (χ4n) is 5.23. The highest BCUT2D eigenvalue weighted by Gasteiger charge is 2.31. The summed E-state index contributed by atoms with van der Waals surface area (Å²) in [5.41, 5.74) is 4.08. The van der Waals surface area contributed by atoms with Crippen LogP contribution in [0.15, 0.2) is 40.9 Å². The van der Waals surface area contributed by atoms with Crippen molar-refractivity contribution in [3.05, 3.63) is 63.1 Å². The second-order valence-electron chi connectivity index (χ2n) is 14.4. The van der Waals surface area contributed by atoms with Crippen LogP contribution < -0.4 is 4.74 Å². The molecule has 0 saturated heterocycles. The van der Waals surface area contributed by atoms with E-state index in [9.17, 15) is 13.2 Å². The standard InChI is InChI=1S/C33H52BrNO7SSi2/c1-25-20-27(42-32-15-14-29-30(32)10-9-11-31(29)34)12-13-28(25)26(21-33(36)39-2)22-43(37,38)35(23-40-16-18-44(3,4)5)24-41-17-19-45(6,7)8/h9-13,20,26,32H,14-19,21-24H2,1-8H3/t26?,32-/m1/s1. The van der Waals surface area contributed by atoms with Gasteiger partial charge in [0.2, 0.25) is 10.0 Å². The average molecular weight is 743 g/mol. The summed E-state index contributed by atoms with van der Waals surface area (Å²) >= 11 is 3.65. The maximum atomic E-state index is 13.9. The van der Waals surface area contributed by atoms with Crippen molar-refractivity contribution < 1.29 is 32.2 Å². The van der Waals surface area contributed by atoms with Crippen LogP contribution in [0.3, 0.4) is 0 Å². The average Bonchev–Trinajstić information content (AvgIpc) is 3.34. The molecular formula is C33H52BrNO7SSi2. The topological polar surface area (TPSA) is 91.4 Å². The Morgan fingerprint density at radius 1 is 1.00 bits per heavy atom. The van der Waals surface area contributed by atoms with Crippen LogP contribution in [0.25, 0.3) is 0 Å². The summed E-state index contributed by atoms with van der Waals surface area (Å²) in [6.45, 7) is 16.3. The molecule has 0 saturated carbocycles. The lowest BCUT2D eigenvalue weighted by molar-refractivity contribution is -0.140. The van der Waals surface area contributed by atoms with Crippen molar-refractivity contribution in [2.24, 2.45) is 0 Å². The second kappa shape index (κ2) is 16.5. The molecule has 1 unspecified atom stereocenters. The van der Waals surface area contributed by atoms with Crippen molar-refractivity contribution in [3.8, 4) is 5.75 Å². The van der Waals surface area contributed by atoms with E-state index in [0.29, 0.717) is 19.0 Å². The molecule has 45 heavy (non-hydrogen) atoms. The number of aryl methyl sites for hydroxylation is 1. The van der Waals surface area contributed by atoms with E-state index in [1.807, 2.05) is 31.2 Å². The lowest BCUT2D eigenvalue weighted by atomic mass is 9.93. The highest BCUT2D eigenvalue weighted by Crippen LogP contribution is 2.39. The third-order valence-corrected chi connectivity index (χ3v) is 14.0. The summed E-state index contributed by atoms with van der Waals surface area (Å²) in [7, 11) is -5.25. The van der Waals surface area contributed by atoms with E-state index >= 15 is 0 Å². The third kappa shape index (κ3) is 12.2. The summed E-state index contributed by atoms with van der Waals surface area (Å²) in [5, 5.41) is 0. The zero-order valence-corrected chi connectivity index (χ0v) is 32.7. The molecule has 252 valence electrons. The first kappa shape index (κ1) is 37.9. The van der Waals surface area contributed by atoms with Gasteiger partial charge in [0.25, 0.3) is 0 Å². The quantitative estimate of drug-likeness (QED) is 0.0669. The summed E-state index contributed by atoms with van der Waals surface area (Å²) in [6, 6.07) is 13.7. The SMILES string of the molecule is COC(=O)CC(CS(=O)(=O)N(COCC[Si](C)(C)C)COCC[Si](C)(C)C)c1ccc(O[C@@H]2CCc3c(Br)cccc32)cc1C. The van der Waals surface area contributed by atoms with E-state index in [0.717, 1.165) is 40.5 Å². The molecule has 0 aromatic heterocycles. The molecule has 0 aliphatic heterocycles. The van der Waals surface area contributed by atoms with Crippen LogP contribution in [0.5, 0.6) is 5.75 Å². The third-order valence-electron chi connectivity index (χ3n) is 8.03. The molecule has 3 rings (SSSR count). The largest absolute Gasteiger partial charge is 0.486 e. The van der Waals surface area contributed by atoms with Gasteiger partial charge in [-0.1, -0.05) is 73.4 Å². The molecule has 0 radical (unpaired) electrons. The maximum absolute atomic E-state index is 13.9. The number of hydrogen-bond donors (Lipinski definition) is 0. The first-order valence-electron chi connectivity index (χ1n) is 15.7. The Morgan fingerprint density at radius 2 is 1.62 bits per heavy atom. The summed E-state index contributed by atoms with van der Waals surface area (Å²) in [4.78, 5) is 12.5. The number of sulfonamides is 1. The highest BCUT2D eigenvalue weighted by molar-refractivity contribution is 9.10. The normalized spacial score (nSPS) is 16.1. The van der Waals surface area contributed by atoms with E-state index in [-0.39, 0.29) is 31.7 Å². The van der Waals surface area contributed by atoms with Gasteiger partial charge in [0.05, 0.1) is 19.3 Å². The number of hydrogen-bond acceptors (Lipinski definition) is 7. The van der Waals surface area contributed by atoms with Gasteiger partial charge in [0.1, 0.15) is 25.3 Å². The number of methoxy groups -OCH3 is 1. The van der Waals surface area contributed by atoms with E-state index in [4.69, 9.17) is 18.9 Å². The smallest absolute Gasteiger partial charge is 0.306 e. The van der Waals surface area contributed by atoms with Gasteiger partial charge in [-0.2, -0.15) is 4.31 Å². The summed E-state index contributed by atoms with van der Waals surface area (Å²) in [6.07, 6.45) is 1.71. The molecule has 1 aliphatic carbocycles. The molecule has 0 heterocycles. The monoisotopic (exact) mass is 741 g/mol. The molecule has 0 spiro atoms. The Balaban J connectivity index is 1.79. The number of carbonyl (C=O) groups is 1. The van der Waals surface area contributed by atoms with Crippen molar-refractivity contribution in [1.82, 2.24) is 4.31 Å². The minimum absolute atomic E-state index is 0.0514. The van der Waals surface area contributed by atoms with Gasteiger partial charge in [-0.05, 0) is 72.3 Å². The fraction of sp³-hybridized carbons (Fsp3) is 0.606. The predicted octanol–water partition coefficient (Wildman–Crippen LogP) is 7.73. The Hall–Kier alpha value is -1.55. The zero-order valence-electron chi connectivity index (χ0n) is 28.3. The first-order valence-corrected chi connectivity index (χ1v) is 25.6. The van der Waals surface area contributed by atoms with Crippen molar-refractivity contribution in [1.29, 1.82) is 0 Å². The number of halogens is 1. The number of benzene rings is 2. The number of rotatable bonds is 18. The van der Waals surface area contributed by atoms with E-state index < -0.39 is 38.1 Å². The summed E-state index contributed by atoms with van der Waals surface area (Å²) in [5.74, 6) is -0.650. The van der Waals surface area contributed by atoms with Crippen LogP contribution in [0.2, 0.25) is 51.4 Å². The molecule has 1 aliphatic rings. The van der Waals surface area contributed by atoms with Crippen LogP contribution in [0.4, 0.5) is 0 Å². The molecule has 0 amide bonds. The molecule has 2 aromatic rings. The number of ether oxygens (including phenoxy) is 4. The van der Waals surface area contributed by atoms with Gasteiger partial charge in [0, 0.05) is 39.8 Å². The van der Waals surface area contributed by atoms with Crippen LogP contribution in [0.1, 0.15) is 47.1 Å². The van der Waals surface area contributed by atoms with E-state index in [2.05, 4.69) is 67.3 Å². The summed E-state index contributed by atoms with van der Waals surface area (Å²) < 4.78 is 53.4. The lowest BCUT2D eigenvalue weighted by Crippen LogP contribution is -2.39. The van der Waals surface area contributed by atoms with Crippen molar-refractivity contribution in [3.63, 3.8) is 0 Å². The van der Waals surface area contributed by atoms with E-state index in [1.165, 1.54) is 22.5 Å². The number of carbonyl (C=O) groups excluding carboxylic acids is 1. The van der Waals surface area contributed by atoms with Crippen molar-refractivity contribution >= 4 is 48.1 Å². The van der Waals surface area contributed by atoms with Gasteiger partial charge in [0.15, 0.2) is 0 Å². The van der Waals surface area contributed by atoms with Gasteiger partial charge in [-0.3, -0.25) is 4.79 Å². The zero-order chi connectivity index (χ0) is 33.4. The van der Waals surface area contributed by atoms with Crippen LogP contribution in [-0.2, 0) is 35.4 Å². The minimum atomic E-state index is -3.88. The Morgan fingerprint density at radius 3 is 2.18 bits per heavy atom. The van der Waals surface area contributed by atoms with Crippen molar-refractivity contribution in [2.45, 2.75) is 89.6 Å². The Bertz CT molecular complexity index is 1370. The Kier molecular flexibility index (Phi) is 13.9. The maximum Gasteiger partial charge on any atom is 0.306 e. The van der Waals surface area contributed by atoms with Crippen molar-refractivity contribution in [2.75, 3.05) is 39.5 Å². The fourth-order valence-corrected chi connectivity index (χ4v) is 8.81. The minimum Gasteiger partial charge on any atom is -0.486 e. The Labute approximate surface area is 281 Å². The number of nitrogens with zero attached hydrogens (tertiary/aromatic N) is 1. The second-order valence-corrected chi connectivity index (χ2v) is 28.5. The van der Waals surface area contributed by atoms with Gasteiger partial charge in [-0.15, -0.1) is 0 Å². The molecule has 0 fully saturated rings. The van der Waals surface area contributed by atoms with Gasteiger partial charge in [-0.25, -0.2) is 8.42 Å². The van der Waals surface area contributed by atoms with Gasteiger partial charge < -0.3 is 18.9 Å². The molecule has 0 bridgehead atoms. The number of fused-ring (bicyclic) bond motifs is 1. The van der Waals surface area contributed by atoms with Gasteiger partial charge >= 0.3 is 5.97 Å². The van der Waals surface area contributed by atoms with Crippen LogP contribution >= 0.6 is 15.9 Å². The highest BCUT2D eigenvalue weighted by atomic mass is 79.9. The van der Waals surface area contributed by atoms with E-state index in [1.54, 1.807) is 0 Å². The molecule has 2 atom stereocenters.